The maximum atomic E-state index is 12.0. The molecule has 1 aliphatic rings. The average Bonchev–Trinajstić information content (AvgIpc) is 2.80. The van der Waals surface area contributed by atoms with E-state index < -0.39 is 0 Å². The van der Waals surface area contributed by atoms with Crippen molar-refractivity contribution in [1.29, 1.82) is 5.26 Å². The Morgan fingerprint density at radius 2 is 1.95 bits per heavy atom. The van der Waals surface area contributed by atoms with Crippen molar-refractivity contribution in [3.05, 3.63) is 64.8 Å². The van der Waals surface area contributed by atoms with Gasteiger partial charge in [-0.15, -0.1) is 0 Å². The quantitative estimate of drug-likeness (QED) is 0.832. The van der Waals surface area contributed by atoms with Gasteiger partial charge in [0.05, 0.1) is 17.2 Å². The van der Waals surface area contributed by atoms with Gasteiger partial charge in [-0.3, -0.25) is 4.79 Å². The van der Waals surface area contributed by atoms with Gasteiger partial charge in [-0.05, 0) is 42.5 Å². The van der Waals surface area contributed by atoms with Crippen LogP contribution in [0, 0.1) is 11.3 Å². The number of halogens is 1. The van der Waals surface area contributed by atoms with Crippen LogP contribution in [-0.2, 0) is 4.79 Å². The van der Waals surface area contributed by atoms with Gasteiger partial charge in [-0.2, -0.15) is 5.26 Å². The molecule has 3 rings (SSSR count). The van der Waals surface area contributed by atoms with E-state index in [1.54, 1.807) is 48.7 Å². The molecule has 0 saturated carbocycles. The molecule has 2 aromatic rings. The molecular formula is C16H10ClN3O. The molecule has 0 atom stereocenters. The number of rotatable bonds is 2. The molecule has 0 saturated heterocycles. The van der Waals surface area contributed by atoms with Gasteiger partial charge in [0.15, 0.2) is 0 Å². The Morgan fingerprint density at radius 1 is 1.19 bits per heavy atom. The predicted octanol–water partition coefficient (Wildman–Crippen LogP) is 3.62. The molecule has 1 heterocycles. The van der Waals surface area contributed by atoms with Crippen LogP contribution in [0.2, 0.25) is 5.02 Å². The fourth-order valence-corrected chi connectivity index (χ4v) is 2.27. The molecule has 5 heteroatoms. The largest absolute Gasteiger partial charge is 0.361 e. The smallest absolute Gasteiger partial charge is 0.257 e. The molecule has 1 aliphatic heterocycles. The third-order valence-electron chi connectivity index (χ3n) is 3.16. The number of carbonyl (C=O) groups is 1. The molecule has 0 fully saturated rings. The van der Waals surface area contributed by atoms with Crippen LogP contribution in [0.25, 0.3) is 5.57 Å². The minimum Gasteiger partial charge on any atom is -0.361 e. The highest BCUT2D eigenvalue weighted by Gasteiger charge is 2.24. The Hall–Kier alpha value is -2.77. The molecule has 0 bridgehead atoms. The van der Waals surface area contributed by atoms with Crippen LogP contribution in [0.1, 0.15) is 11.1 Å². The minimum atomic E-state index is -0.173. The van der Waals surface area contributed by atoms with E-state index in [0.29, 0.717) is 16.2 Å². The Morgan fingerprint density at radius 3 is 2.67 bits per heavy atom. The number of nitrogens with one attached hydrogen (secondary N) is 2. The molecule has 0 unspecified atom stereocenters. The van der Waals surface area contributed by atoms with Gasteiger partial charge in [0.25, 0.3) is 5.91 Å². The van der Waals surface area contributed by atoms with Crippen molar-refractivity contribution in [3.8, 4) is 6.07 Å². The number of anilines is 2. The van der Waals surface area contributed by atoms with Gasteiger partial charge in [-0.1, -0.05) is 11.6 Å². The fourth-order valence-electron chi connectivity index (χ4n) is 2.10. The van der Waals surface area contributed by atoms with Crippen LogP contribution in [0.4, 0.5) is 11.4 Å². The Balaban J connectivity index is 1.88. The normalized spacial score (nSPS) is 14.5. The van der Waals surface area contributed by atoms with Gasteiger partial charge in [0, 0.05) is 28.2 Å². The molecule has 102 valence electrons. The molecule has 0 radical (unpaired) electrons. The summed E-state index contributed by atoms with van der Waals surface area (Å²) in [4.78, 5) is 12.0. The highest BCUT2D eigenvalue weighted by atomic mass is 35.5. The molecular weight excluding hydrogens is 286 g/mol. The first-order chi connectivity index (χ1) is 10.2. The van der Waals surface area contributed by atoms with Crippen LogP contribution < -0.4 is 10.6 Å². The zero-order valence-electron chi connectivity index (χ0n) is 10.9. The summed E-state index contributed by atoms with van der Waals surface area (Å²) >= 11 is 5.97. The molecule has 0 aliphatic carbocycles. The number of hydrogen-bond acceptors (Lipinski definition) is 3. The van der Waals surface area contributed by atoms with Crippen LogP contribution in [0.5, 0.6) is 0 Å². The minimum absolute atomic E-state index is 0.173. The highest BCUT2D eigenvalue weighted by Crippen LogP contribution is 2.33. The van der Waals surface area contributed by atoms with Gasteiger partial charge in [0.1, 0.15) is 0 Å². The topological polar surface area (TPSA) is 64.9 Å². The predicted molar refractivity (Wildman–Crippen MR) is 82.8 cm³/mol. The number of hydrogen-bond donors (Lipinski definition) is 2. The van der Waals surface area contributed by atoms with Crippen molar-refractivity contribution in [3.63, 3.8) is 0 Å². The van der Waals surface area contributed by atoms with Crippen molar-refractivity contribution < 1.29 is 4.79 Å². The van der Waals surface area contributed by atoms with Crippen molar-refractivity contribution in [2.75, 3.05) is 10.6 Å². The van der Waals surface area contributed by atoms with E-state index in [1.807, 2.05) is 0 Å². The third-order valence-corrected chi connectivity index (χ3v) is 3.40. The molecule has 2 aromatic carbocycles. The van der Waals surface area contributed by atoms with Crippen molar-refractivity contribution in [2.24, 2.45) is 0 Å². The summed E-state index contributed by atoms with van der Waals surface area (Å²) in [5.41, 5.74) is 3.43. The van der Waals surface area contributed by atoms with E-state index in [4.69, 9.17) is 16.9 Å². The Kier molecular flexibility index (Phi) is 3.35. The van der Waals surface area contributed by atoms with E-state index >= 15 is 0 Å². The summed E-state index contributed by atoms with van der Waals surface area (Å²) in [6.45, 7) is 0. The third kappa shape index (κ3) is 2.60. The summed E-state index contributed by atoms with van der Waals surface area (Å²) in [6.07, 6.45) is 1.64. The number of benzene rings is 2. The standard InChI is InChI=1S/C16H10ClN3O/c17-11-3-6-15-13(7-11)14(16(21)20-15)9-19-12-4-1-10(8-18)2-5-12/h1-7,9,19H,(H,20,21)/b14-9-. The zero-order chi connectivity index (χ0) is 14.8. The lowest BCUT2D eigenvalue weighted by Crippen LogP contribution is -2.05. The molecule has 4 nitrogen and oxygen atoms in total. The van der Waals surface area contributed by atoms with Crippen molar-refractivity contribution >= 4 is 34.5 Å². The summed E-state index contributed by atoms with van der Waals surface area (Å²) in [5.74, 6) is -0.173. The molecule has 21 heavy (non-hydrogen) atoms. The first-order valence-electron chi connectivity index (χ1n) is 6.25. The van der Waals surface area contributed by atoms with E-state index in [9.17, 15) is 4.79 Å². The van der Waals surface area contributed by atoms with Crippen molar-refractivity contribution in [1.82, 2.24) is 0 Å². The van der Waals surface area contributed by atoms with Crippen LogP contribution in [0.3, 0.4) is 0 Å². The van der Waals surface area contributed by atoms with E-state index in [0.717, 1.165) is 16.9 Å². The van der Waals surface area contributed by atoms with E-state index in [-0.39, 0.29) is 5.91 Å². The maximum Gasteiger partial charge on any atom is 0.257 e. The SMILES string of the molecule is N#Cc1ccc(N/C=C2\C(=O)Nc3ccc(Cl)cc32)cc1. The zero-order valence-corrected chi connectivity index (χ0v) is 11.6. The maximum absolute atomic E-state index is 12.0. The van der Waals surface area contributed by atoms with Crippen molar-refractivity contribution in [2.45, 2.75) is 0 Å². The summed E-state index contributed by atoms with van der Waals surface area (Å²) < 4.78 is 0. The average molecular weight is 296 g/mol. The number of amides is 1. The van der Waals surface area contributed by atoms with E-state index in [1.165, 1.54) is 0 Å². The Labute approximate surface area is 126 Å². The first-order valence-corrected chi connectivity index (χ1v) is 6.63. The monoisotopic (exact) mass is 295 g/mol. The summed E-state index contributed by atoms with van der Waals surface area (Å²) in [6, 6.07) is 14.3. The molecule has 0 spiro atoms. The van der Waals surface area contributed by atoms with Gasteiger partial charge in [-0.25, -0.2) is 0 Å². The van der Waals surface area contributed by atoms with Crippen LogP contribution >= 0.6 is 11.6 Å². The lowest BCUT2D eigenvalue weighted by molar-refractivity contribution is -0.110. The van der Waals surface area contributed by atoms with Gasteiger partial charge >= 0.3 is 0 Å². The lowest BCUT2D eigenvalue weighted by atomic mass is 10.1. The second kappa shape index (κ2) is 5.31. The van der Waals surface area contributed by atoms with E-state index in [2.05, 4.69) is 16.7 Å². The van der Waals surface area contributed by atoms with Gasteiger partial charge in [0.2, 0.25) is 0 Å². The van der Waals surface area contributed by atoms with Gasteiger partial charge < -0.3 is 10.6 Å². The number of nitriles is 1. The molecule has 0 aromatic heterocycles. The Bertz CT molecular complexity index is 788. The highest BCUT2D eigenvalue weighted by molar-refractivity contribution is 6.34. The summed E-state index contributed by atoms with van der Waals surface area (Å²) in [5, 5.41) is 15.2. The van der Waals surface area contributed by atoms with Crippen LogP contribution in [-0.4, -0.2) is 5.91 Å². The lowest BCUT2D eigenvalue weighted by Gasteiger charge is -2.03. The number of fused-ring (bicyclic) bond motifs is 1. The molecule has 1 amide bonds. The summed E-state index contributed by atoms with van der Waals surface area (Å²) in [7, 11) is 0. The second-order valence-corrected chi connectivity index (χ2v) is 4.97. The first kappa shape index (κ1) is 13.2. The molecule has 2 N–H and O–H groups in total. The van der Waals surface area contributed by atoms with Crippen LogP contribution in [0.15, 0.2) is 48.7 Å². The second-order valence-electron chi connectivity index (χ2n) is 4.54. The fraction of sp³-hybridized carbons (Fsp3) is 0. The number of nitrogens with zero attached hydrogens (tertiary/aromatic N) is 1. The number of carbonyl (C=O) groups excluding carboxylic acids is 1.